The lowest BCUT2D eigenvalue weighted by molar-refractivity contribution is -0.128. The molecule has 20 heavy (non-hydrogen) atoms. The highest BCUT2D eigenvalue weighted by Gasteiger charge is 2.28. The van der Waals surface area contributed by atoms with E-state index in [0.717, 1.165) is 5.56 Å². The molecule has 0 aromatic heterocycles. The third kappa shape index (κ3) is 4.11. The second kappa shape index (κ2) is 6.73. The van der Waals surface area contributed by atoms with Gasteiger partial charge >= 0.3 is 0 Å². The number of carbonyl (C=O) groups excluding carboxylic acids is 2. The Morgan fingerprint density at radius 2 is 2.05 bits per heavy atom. The molecule has 1 aromatic carbocycles. The molecule has 0 radical (unpaired) electrons. The second-order valence-corrected chi connectivity index (χ2v) is 4.55. The van der Waals surface area contributed by atoms with Gasteiger partial charge in [-0.2, -0.15) is 0 Å². The number of nitrogens with one attached hydrogen (secondary N) is 1. The maximum atomic E-state index is 11.6. The van der Waals surface area contributed by atoms with Crippen LogP contribution in [0.1, 0.15) is 18.4 Å². The van der Waals surface area contributed by atoms with Crippen molar-refractivity contribution in [1.29, 1.82) is 0 Å². The molecular weight excluding hydrogens is 256 g/mol. The summed E-state index contributed by atoms with van der Waals surface area (Å²) in [6.07, 6.45) is 0.605. The number of hydrogen-bond donors (Lipinski definition) is 2. The van der Waals surface area contributed by atoms with Gasteiger partial charge in [0.2, 0.25) is 5.91 Å². The summed E-state index contributed by atoms with van der Waals surface area (Å²) in [4.78, 5) is 22.5. The van der Waals surface area contributed by atoms with Crippen molar-refractivity contribution in [3.05, 3.63) is 35.9 Å². The van der Waals surface area contributed by atoms with Crippen molar-refractivity contribution in [2.45, 2.75) is 25.0 Å². The average Bonchev–Trinajstić information content (AvgIpc) is 2.93. The lowest BCUT2D eigenvalue weighted by Crippen LogP contribution is -2.34. The van der Waals surface area contributed by atoms with Crippen LogP contribution in [0.25, 0.3) is 0 Å². The quantitative estimate of drug-likeness (QED) is 0.771. The van der Waals surface area contributed by atoms with Crippen molar-refractivity contribution in [2.75, 3.05) is 6.54 Å². The average molecular weight is 272 g/mol. The number of carbonyl (C=O) groups is 2. The molecule has 1 saturated heterocycles. The fraction of sp³-hybridized carbons (Fsp3) is 0.333. The molecule has 0 aliphatic carbocycles. The number of primary amides is 1. The zero-order valence-corrected chi connectivity index (χ0v) is 11.0. The highest BCUT2D eigenvalue weighted by molar-refractivity contribution is 5.94. The van der Waals surface area contributed by atoms with Crippen molar-refractivity contribution >= 4 is 11.8 Å². The first-order chi connectivity index (χ1) is 9.65. The Kier molecular flexibility index (Phi) is 4.75. The lowest BCUT2D eigenvalue weighted by atomic mass is 10.2. The van der Waals surface area contributed by atoms with Crippen molar-refractivity contribution in [3.63, 3.8) is 0 Å². The van der Waals surface area contributed by atoms with Crippen LogP contribution in [0.4, 0.5) is 0 Å². The molecule has 3 N–H and O–H groups in total. The van der Waals surface area contributed by atoms with Gasteiger partial charge in [-0.15, -0.1) is 0 Å². The minimum absolute atomic E-state index is 0.171. The second-order valence-electron chi connectivity index (χ2n) is 4.55. The normalized spacial score (nSPS) is 20.8. The number of amides is 2. The Morgan fingerprint density at radius 3 is 2.70 bits per heavy atom. The van der Waals surface area contributed by atoms with Gasteiger partial charge in [-0.3, -0.25) is 9.59 Å². The van der Waals surface area contributed by atoms with Gasteiger partial charge in [0, 0.05) is 18.0 Å². The molecule has 1 heterocycles. The van der Waals surface area contributed by atoms with Gasteiger partial charge in [-0.05, 0) is 25.0 Å². The SMILES string of the molecule is NC(=O)C1CCC(CNC(=O)C#Cc2ccccc2)O1. The number of benzene rings is 1. The van der Waals surface area contributed by atoms with Gasteiger partial charge in [-0.1, -0.05) is 24.1 Å². The van der Waals surface area contributed by atoms with E-state index in [0.29, 0.717) is 19.4 Å². The molecule has 2 rings (SSSR count). The van der Waals surface area contributed by atoms with Crippen LogP contribution in [0.5, 0.6) is 0 Å². The molecule has 2 atom stereocenters. The van der Waals surface area contributed by atoms with E-state index in [1.54, 1.807) is 0 Å². The van der Waals surface area contributed by atoms with Gasteiger partial charge in [-0.25, -0.2) is 0 Å². The molecule has 0 bridgehead atoms. The molecule has 1 fully saturated rings. The van der Waals surface area contributed by atoms with E-state index < -0.39 is 12.0 Å². The summed E-state index contributed by atoms with van der Waals surface area (Å²) in [5, 5.41) is 2.66. The highest BCUT2D eigenvalue weighted by atomic mass is 16.5. The van der Waals surface area contributed by atoms with Crippen LogP contribution in [0.15, 0.2) is 30.3 Å². The van der Waals surface area contributed by atoms with E-state index >= 15 is 0 Å². The Balaban J connectivity index is 1.77. The maximum absolute atomic E-state index is 11.6. The molecule has 5 heteroatoms. The Labute approximate surface area is 117 Å². The Bertz CT molecular complexity index is 545. The van der Waals surface area contributed by atoms with Crippen LogP contribution in [0, 0.1) is 11.8 Å². The van der Waals surface area contributed by atoms with E-state index in [1.165, 1.54) is 0 Å². The Hall–Kier alpha value is -2.32. The standard InChI is InChI=1S/C15H16N2O3/c16-15(19)13-8-7-12(20-13)10-17-14(18)9-6-11-4-2-1-3-5-11/h1-5,12-13H,7-8,10H2,(H2,16,19)(H,17,18). The molecule has 104 valence electrons. The predicted octanol–water partition coefficient (Wildman–Crippen LogP) is 0.187. The molecule has 0 saturated carbocycles. The minimum Gasteiger partial charge on any atom is -0.367 e. The van der Waals surface area contributed by atoms with E-state index in [-0.39, 0.29) is 12.0 Å². The highest BCUT2D eigenvalue weighted by Crippen LogP contribution is 2.18. The van der Waals surface area contributed by atoms with Gasteiger partial charge in [0.05, 0.1) is 6.10 Å². The number of nitrogens with two attached hydrogens (primary N) is 1. The fourth-order valence-corrected chi connectivity index (χ4v) is 1.97. The third-order valence-electron chi connectivity index (χ3n) is 3.01. The topological polar surface area (TPSA) is 81.4 Å². The molecule has 2 amide bonds. The lowest BCUT2D eigenvalue weighted by Gasteiger charge is -2.11. The van der Waals surface area contributed by atoms with Crippen LogP contribution in [-0.4, -0.2) is 30.6 Å². The van der Waals surface area contributed by atoms with E-state index in [4.69, 9.17) is 10.5 Å². The van der Waals surface area contributed by atoms with Gasteiger partial charge in [0.1, 0.15) is 6.10 Å². The third-order valence-corrected chi connectivity index (χ3v) is 3.01. The first-order valence-corrected chi connectivity index (χ1v) is 6.45. The van der Waals surface area contributed by atoms with E-state index in [1.807, 2.05) is 30.3 Å². The van der Waals surface area contributed by atoms with E-state index in [2.05, 4.69) is 17.2 Å². The molecule has 2 unspecified atom stereocenters. The fourth-order valence-electron chi connectivity index (χ4n) is 1.97. The number of ether oxygens (including phenoxy) is 1. The first-order valence-electron chi connectivity index (χ1n) is 6.45. The first kappa shape index (κ1) is 14.1. The summed E-state index contributed by atoms with van der Waals surface area (Å²) in [5.74, 6) is 4.46. The molecular formula is C15H16N2O3. The predicted molar refractivity (Wildman–Crippen MR) is 73.4 cm³/mol. The molecule has 5 nitrogen and oxygen atoms in total. The van der Waals surface area contributed by atoms with Crippen molar-refractivity contribution in [3.8, 4) is 11.8 Å². The van der Waals surface area contributed by atoms with Gasteiger partial charge in [0.25, 0.3) is 5.91 Å². The smallest absolute Gasteiger partial charge is 0.296 e. The number of hydrogen-bond acceptors (Lipinski definition) is 3. The monoisotopic (exact) mass is 272 g/mol. The zero-order chi connectivity index (χ0) is 14.4. The van der Waals surface area contributed by atoms with Crippen LogP contribution in [-0.2, 0) is 14.3 Å². The zero-order valence-electron chi connectivity index (χ0n) is 11.0. The van der Waals surface area contributed by atoms with E-state index in [9.17, 15) is 9.59 Å². The van der Waals surface area contributed by atoms with Crippen molar-refractivity contribution in [1.82, 2.24) is 5.32 Å². The van der Waals surface area contributed by atoms with Gasteiger partial charge < -0.3 is 15.8 Å². The summed E-state index contributed by atoms with van der Waals surface area (Å²) in [7, 11) is 0. The summed E-state index contributed by atoms with van der Waals surface area (Å²) < 4.78 is 5.40. The summed E-state index contributed by atoms with van der Waals surface area (Å²) in [5.41, 5.74) is 5.94. The van der Waals surface area contributed by atoms with Crippen LogP contribution in [0.2, 0.25) is 0 Å². The summed E-state index contributed by atoms with van der Waals surface area (Å²) in [6, 6.07) is 9.27. The number of rotatable bonds is 3. The van der Waals surface area contributed by atoms with Crippen molar-refractivity contribution < 1.29 is 14.3 Å². The molecule has 1 aromatic rings. The largest absolute Gasteiger partial charge is 0.367 e. The van der Waals surface area contributed by atoms with Crippen molar-refractivity contribution in [2.24, 2.45) is 5.73 Å². The van der Waals surface area contributed by atoms with Crippen LogP contribution < -0.4 is 11.1 Å². The Morgan fingerprint density at radius 1 is 1.30 bits per heavy atom. The minimum atomic E-state index is -0.535. The summed E-state index contributed by atoms with van der Waals surface area (Å²) >= 11 is 0. The maximum Gasteiger partial charge on any atom is 0.296 e. The summed E-state index contributed by atoms with van der Waals surface area (Å²) in [6.45, 7) is 0.339. The molecule has 1 aliphatic rings. The van der Waals surface area contributed by atoms with Gasteiger partial charge in [0.15, 0.2) is 0 Å². The molecule has 0 spiro atoms. The van der Waals surface area contributed by atoms with Crippen LogP contribution >= 0.6 is 0 Å². The molecule has 1 aliphatic heterocycles. The van der Waals surface area contributed by atoms with Crippen LogP contribution in [0.3, 0.4) is 0 Å².